The number of hydrogen-bond donors (Lipinski definition) is 0. The zero-order valence-electron chi connectivity index (χ0n) is 10.8. The summed E-state index contributed by atoms with van der Waals surface area (Å²) in [6.45, 7) is 3.91. The molecule has 0 saturated carbocycles. The highest BCUT2D eigenvalue weighted by Gasteiger charge is 2.18. The van der Waals surface area contributed by atoms with Gasteiger partial charge in [-0.25, -0.2) is 13.4 Å². The predicted molar refractivity (Wildman–Crippen MR) is 78.9 cm³/mol. The Morgan fingerprint density at radius 3 is 2.42 bits per heavy atom. The van der Waals surface area contributed by atoms with Gasteiger partial charge in [0.2, 0.25) is 10.0 Å². The van der Waals surface area contributed by atoms with E-state index in [0.29, 0.717) is 12.2 Å². The Kier molecular flexibility index (Phi) is 4.21. The molecule has 2 aromatic rings. The fourth-order valence-electron chi connectivity index (χ4n) is 1.81. The third kappa shape index (κ3) is 2.96. The van der Waals surface area contributed by atoms with E-state index < -0.39 is 10.0 Å². The maximum absolute atomic E-state index is 12.0. The Morgan fingerprint density at radius 1 is 1.26 bits per heavy atom. The standard InChI is InChI=1S/C13H15N2O2S2/c1-3-15(19(16,17)4-2)12-7-5-11(6-8-12)13-9-18-10-14-13/h5-9H,3-4H2,1-2H3. The third-order valence-corrected chi connectivity index (χ3v) is 5.24. The number of sulfonamides is 1. The fraction of sp³-hybridized carbons (Fsp3) is 0.308. The fourth-order valence-corrected chi connectivity index (χ4v) is 3.46. The summed E-state index contributed by atoms with van der Waals surface area (Å²) in [4.78, 5) is 4.11. The summed E-state index contributed by atoms with van der Waals surface area (Å²) in [6.07, 6.45) is 0. The first-order valence-corrected chi connectivity index (χ1v) is 8.49. The van der Waals surface area contributed by atoms with Crippen molar-refractivity contribution in [1.82, 2.24) is 4.98 Å². The van der Waals surface area contributed by atoms with E-state index in [9.17, 15) is 8.42 Å². The van der Waals surface area contributed by atoms with E-state index in [0.717, 1.165) is 11.3 Å². The van der Waals surface area contributed by atoms with Crippen molar-refractivity contribution in [3.63, 3.8) is 0 Å². The van der Waals surface area contributed by atoms with Gasteiger partial charge in [-0.1, -0.05) is 12.1 Å². The molecule has 0 aliphatic rings. The number of benzene rings is 1. The SMILES string of the molecule is CCN(c1ccc(-c2cs[c]n2)cc1)S(=O)(=O)CC. The van der Waals surface area contributed by atoms with Crippen LogP contribution in [-0.4, -0.2) is 25.7 Å². The molecule has 1 aromatic carbocycles. The number of anilines is 1. The minimum Gasteiger partial charge on any atom is -0.271 e. The molecule has 0 aliphatic carbocycles. The lowest BCUT2D eigenvalue weighted by Crippen LogP contribution is -2.31. The van der Waals surface area contributed by atoms with Crippen molar-refractivity contribution in [3.05, 3.63) is 35.2 Å². The minimum absolute atomic E-state index is 0.101. The predicted octanol–water partition coefficient (Wildman–Crippen LogP) is 2.79. The van der Waals surface area contributed by atoms with Gasteiger partial charge in [-0.05, 0) is 26.0 Å². The third-order valence-electron chi connectivity index (χ3n) is 2.83. The Balaban J connectivity index is 2.32. The van der Waals surface area contributed by atoms with Crippen LogP contribution in [0, 0.1) is 5.51 Å². The van der Waals surface area contributed by atoms with Crippen molar-refractivity contribution < 1.29 is 8.42 Å². The quantitative estimate of drug-likeness (QED) is 0.852. The van der Waals surface area contributed by atoms with Crippen LogP contribution in [0.5, 0.6) is 0 Å². The van der Waals surface area contributed by atoms with Gasteiger partial charge in [0, 0.05) is 17.5 Å². The monoisotopic (exact) mass is 295 g/mol. The summed E-state index contributed by atoms with van der Waals surface area (Å²) in [6, 6.07) is 7.38. The van der Waals surface area contributed by atoms with E-state index in [-0.39, 0.29) is 5.75 Å². The van der Waals surface area contributed by atoms with E-state index in [4.69, 9.17) is 0 Å². The van der Waals surface area contributed by atoms with Crippen LogP contribution in [0.3, 0.4) is 0 Å². The lowest BCUT2D eigenvalue weighted by molar-refractivity contribution is 0.593. The molecule has 1 aromatic heterocycles. The van der Waals surface area contributed by atoms with E-state index in [1.165, 1.54) is 15.6 Å². The average molecular weight is 295 g/mol. The summed E-state index contributed by atoms with van der Waals surface area (Å²) in [7, 11) is -3.22. The molecule has 19 heavy (non-hydrogen) atoms. The maximum Gasteiger partial charge on any atom is 0.234 e. The maximum atomic E-state index is 12.0. The number of thiazole rings is 1. The number of rotatable bonds is 5. The zero-order valence-corrected chi connectivity index (χ0v) is 12.5. The molecular weight excluding hydrogens is 280 g/mol. The molecule has 0 fully saturated rings. The minimum atomic E-state index is -3.22. The molecule has 6 heteroatoms. The van der Waals surface area contributed by atoms with Crippen molar-refractivity contribution in [2.24, 2.45) is 0 Å². The van der Waals surface area contributed by atoms with E-state index in [2.05, 4.69) is 10.5 Å². The van der Waals surface area contributed by atoms with Gasteiger partial charge in [0.15, 0.2) is 5.51 Å². The van der Waals surface area contributed by atoms with Crippen LogP contribution in [0.25, 0.3) is 11.3 Å². The van der Waals surface area contributed by atoms with Crippen LogP contribution in [0.4, 0.5) is 5.69 Å². The van der Waals surface area contributed by atoms with Crippen molar-refractivity contribution in [3.8, 4) is 11.3 Å². The second kappa shape index (κ2) is 5.71. The van der Waals surface area contributed by atoms with Gasteiger partial charge in [-0.2, -0.15) is 0 Å². The van der Waals surface area contributed by atoms with Gasteiger partial charge in [-0.15, -0.1) is 11.3 Å². The van der Waals surface area contributed by atoms with Gasteiger partial charge in [0.05, 0.1) is 17.1 Å². The lowest BCUT2D eigenvalue weighted by Gasteiger charge is -2.22. The molecule has 2 rings (SSSR count). The summed E-state index contributed by atoms with van der Waals surface area (Å²) in [5.74, 6) is 0.101. The Labute approximate surface area is 117 Å². The molecule has 0 unspecified atom stereocenters. The van der Waals surface area contributed by atoms with Crippen LogP contribution in [0.2, 0.25) is 0 Å². The molecule has 0 aliphatic heterocycles. The van der Waals surface area contributed by atoms with Gasteiger partial charge >= 0.3 is 0 Å². The molecule has 0 N–H and O–H groups in total. The van der Waals surface area contributed by atoms with E-state index in [1.807, 2.05) is 36.6 Å². The first-order chi connectivity index (χ1) is 9.08. The normalized spacial score (nSPS) is 11.5. The number of hydrogen-bond acceptors (Lipinski definition) is 4. The second-order valence-corrected chi connectivity index (χ2v) is 6.77. The molecule has 0 bridgehead atoms. The molecule has 1 heterocycles. The van der Waals surface area contributed by atoms with Crippen LogP contribution in [0.15, 0.2) is 29.6 Å². The van der Waals surface area contributed by atoms with Gasteiger partial charge in [0.25, 0.3) is 0 Å². The summed E-state index contributed by atoms with van der Waals surface area (Å²) >= 11 is 1.41. The zero-order chi connectivity index (χ0) is 13.9. The first kappa shape index (κ1) is 14.0. The van der Waals surface area contributed by atoms with Gasteiger partial charge in [0.1, 0.15) is 0 Å². The van der Waals surface area contributed by atoms with E-state index in [1.54, 1.807) is 6.92 Å². The van der Waals surface area contributed by atoms with Crippen molar-refractivity contribution in [1.29, 1.82) is 0 Å². The lowest BCUT2D eigenvalue weighted by atomic mass is 10.1. The number of aromatic nitrogens is 1. The highest BCUT2D eigenvalue weighted by Crippen LogP contribution is 2.24. The molecular formula is C13H15N2O2S2. The second-order valence-electron chi connectivity index (χ2n) is 3.94. The molecule has 0 saturated heterocycles. The molecule has 4 nitrogen and oxygen atoms in total. The first-order valence-electron chi connectivity index (χ1n) is 6.01. The van der Waals surface area contributed by atoms with Gasteiger partial charge in [-0.3, -0.25) is 4.31 Å². The summed E-state index contributed by atoms with van der Waals surface area (Å²) < 4.78 is 25.3. The van der Waals surface area contributed by atoms with Crippen LogP contribution in [-0.2, 0) is 10.0 Å². The smallest absolute Gasteiger partial charge is 0.234 e. The van der Waals surface area contributed by atoms with Crippen molar-refractivity contribution >= 4 is 27.0 Å². The Morgan fingerprint density at radius 2 is 1.95 bits per heavy atom. The average Bonchev–Trinajstić information content (AvgIpc) is 2.94. The summed E-state index contributed by atoms with van der Waals surface area (Å²) in [5, 5.41) is 1.91. The highest BCUT2D eigenvalue weighted by molar-refractivity contribution is 7.92. The number of nitrogens with zero attached hydrogens (tertiary/aromatic N) is 2. The van der Waals surface area contributed by atoms with Crippen LogP contribution < -0.4 is 4.31 Å². The van der Waals surface area contributed by atoms with Gasteiger partial charge < -0.3 is 0 Å². The van der Waals surface area contributed by atoms with Crippen LogP contribution in [0.1, 0.15) is 13.8 Å². The molecule has 0 atom stereocenters. The largest absolute Gasteiger partial charge is 0.271 e. The molecule has 0 spiro atoms. The topological polar surface area (TPSA) is 50.3 Å². The molecule has 101 valence electrons. The Hall–Kier alpha value is -1.40. The summed E-state index contributed by atoms with van der Waals surface area (Å²) in [5.41, 5.74) is 5.31. The van der Waals surface area contributed by atoms with Crippen molar-refractivity contribution in [2.75, 3.05) is 16.6 Å². The molecule has 0 amide bonds. The molecule has 1 radical (unpaired) electrons. The Bertz CT molecular complexity index is 619. The van der Waals surface area contributed by atoms with Crippen LogP contribution >= 0.6 is 11.3 Å². The van der Waals surface area contributed by atoms with Crippen molar-refractivity contribution in [2.45, 2.75) is 13.8 Å². The van der Waals surface area contributed by atoms with E-state index >= 15 is 0 Å². The highest BCUT2D eigenvalue weighted by atomic mass is 32.2.